The SMILES string of the molecule is COc1cc(C=CC(=O)OCC(=O)Nc2ccccc2C(C)=O)ccc1OC(F)F. The highest BCUT2D eigenvalue weighted by Crippen LogP contribution is 2.29. The molecule has 7 nitrogen and oxygen atoms in total. The molecule has 0 aliphatic rings. The first-order valence-corrected chi connectivity index (χ1v) is 8.67. The van der Waals surface area contributed by atoms with Crippen LogP contribution in [0.1, 0.15) is 22.8 Å². The summed E-state index contributed by atoms with van der Waals surface area (Å²) in [6.07, 6.45) is 2.43. The fourth-order valence-corrected chi connectivity index (χ4v) is 2.42. The lowest BCUT2D eigenvalue weighted by molar-refractivity contribution is -0.142. The van der Waals surface area contributed by atoms with E-state index in [1.165, 1.54) is 38.3 Å². The number of ketones is 1. The molecule has 2 aromatic rings. The minimum absolute atomic E-state index is 0.0642. The number of hydrogen-bond donors (Lipinski definition) is 1. The van der Waals surface area contributed by atoms with Crippen LogP contribution in [0.4, 0.5) is 14.5 Å². The number of anilines is 1. The Balaban J connectivity index is 1.92. The van der Waals surface area contributed by atoms with Crippen molar-refractivity contribution in [2.24, 2.45) is 0 Å². The van der Waals surface area contributed by atoms with E-state index in [0.717, 1.165) is 6.08 Å². The summed E-state index contributed by atoms with van der Waals surface area (Å²) in [7, 11) is 1.29. The number of hydrogen-bond acceptors (Lipinski definition) is 6. The monoisotopic (exact) mass is 419 g/mol. The van der Waals surface area contributed by atoms with E-state index in [0.29, 0.717) is 16.8 Å². The van der Waals surface area contributed by atoms with Crippen molar-refractivity contribution in [1.29, 1.82) is 0 Å². The minimum atomic E-state index is -3.00. The number of para-hydroxylation sites is 1. The zero-order valence-electron chi connectivity index (χ0n) is 16.2. The number of carbonyl (C=O) groups is 3. The van der Waals surface area contributed by atoms with Gasteiger partial charge in [-0.2, -0.15) is 8.78 Å². The number of amides is 1. The van der Waals surface area contributed by atoms with Gasteiger partial charge in [-0.3, -0.25) is 9.59 Å². The van der Waals surface area contributed by atoms with Gasteiger partial charge in [0.1, 0.15) is 0 Å². The Hall–Kier alpha value is -3.75. The molecule has 0 aromatic heterocycles. The third-order valence-corrected chi connectivity index (χ3v) is 3.74. The van der Waals surface area contributed by atoms with Gasteiger partial charge in [0.05, 0.1) is 12.8 Å². The number of Topliss-reactive ketones (excluding diaryl/α,β-unsaturated/α-hetero) is 1. The van der Waals surface area contributed by atoms with E-state index in [9.17, 15) is 23.2 Å². The molecule has 0 aliphatic carbocycles. The summed E-state index contributed by atoms with van der Waals surface area (Å²) in [5.74, 6) is -1.70. The van der Waals surface area contributed by atoms with Crippen molar-refractivity contribution in [3.8, 4) is 11.5 Å². The maximum absolute atomic E-state index is 12.3. The molecule has 2 aromatic carbocycles. The molecular formula is C21H19F2NO6. The van der Waals surface area contributed by atoms with Crippen molar-refractivity contribution >= 4 is 29.4 Å². The highest BCUT2D eigenvalue weighted by Gasteiger charge is 2.12. The Morgan fingerprint density at radius 3 is 2.50 bits per heavy atom. The third kappa shape index (κ3) is 6.69. The fourth-order valence-electron chi connectivity index (χ4n) is 2.42. The molecule has 0 saturated carbocycles. The number of alkyl halides is 2. The standard InChI is InChI=1S/C21H19F2NO6/c1-13(25)15-5-3-4-6-16(15)24-19(26)12-29-20(27)10-8-14-7-9-17(30-21(22)23)18(11-14)28-2/h3-11,21H,12H2,1-2H3,(H,24,26). The molecule has 0 bridgehead atoms. The van der Waals surface area contributed by atoms with Crippen LogP contribution in [0.25, 0.3) is 6.08 Å². The maximum Gasteiger partial charge on any atom is 0.387 e. The van der Waals surface area contributed by atoms with E-state index in [2.05, 4.69) is 10.1 Å². The molecule has 30 heavy (non-hydrogen) atoms. The highest BCUT2D eigenvalue weighted by molar-refractivity contribution is 6.04. The van der Waals surface area contributed by atoms with E-state index >= 15 is 0 Å². The Bertz CT molecular complexity index is 958. The average Bonchev–Trinajstić information content (AvgIpc) is 2.71. The molecule has 9 heteroatoms. The normalized spacial score (nSPS) is 10.7. The number of nitrogens with one attached hydrogen (secondary N) is 1. The van der Waals surface area contributed by atoms with Crippen molar-refractivity contribution in [3.05, 3.63) is 59.7 Å². The smallest absolute Gasteiger partial charge is 0.387 e. The second kappa shape index (κ2) is 10.7. The molecule has 0 spiro atoms. The van der Waals surface area contributed by atoms with Gasteiger partial charge in [0, 0.05) is 11.6 Å². The van der Waals surface area contributed by atoms with Crippen molar-refractivity contribution in [2.45, 2.75) is 13.5 Å². The van der Waals surface area contributed by atoms with Crippen LogP contribution in [-0.2, 0) is 14.3 Å². The van der Waals surface area contributed by atoms with Crippen LogP contribution >= 0.6 is 0 Å². The van der Waals surface area contributed by atoms with Gasteiger partial charge in [0.2, 0.25) is 0 Å². The van der Waals surface area contributed by atoms with Gasteiger partial charge in [-0.1, -0.05) is 18.2 Å². The summed E-state index contributed by atoms with van der Waals surface area (Å²) < 4.78 is 38.8. The Labute approximate surface area is 171 Å². The van der Waals surface area contributed by atoms with Crippen molar-refractivity contribution in [3.63, 3.8) is 0 Å². The van der Waals surface area contributed by atoms with Crippen LogP contribution in [0.3, 0.4) is 0 Å². The average molecular weight is 419 g/mol. The van der Waals surface area contributed by atoms with Gasteiger partial charge in [-0.05, 0) is 42.8 Å². The van der Waals surface area contributed by atoms with Crippen molar-refractivity contribution < 1.29 is 37.4 Å². The molecule has 0 radical (unpaired) electrons. The van der Waals surface area contributed by atoms with Gasteiger partial charge in [0.25, 0.3) is 5.91 Å². The van der Waals surface area contributed by atoms with Crippen LogP contribution in [-0.4, -0.2) is 38.0 Å². The van der Waals surface area contributed by atoms with E-state index in [4.69, 9.17) is 9.47 Å². The third-order valence-electron chi connectivity index (χ3n) is 3.74. The lowest BCUT2D eigenvalue weighted by Gasteiger charge is -2.10. The van der Waals surface area contributed by atoms with Crippen LogP contribution in [0, 0.1) is 0 Å². The van der Waals surface area contributed by atoms with Crippen molar-refractivity contribution in [2.75, 3.05) is 19.0 Å². The Kier molecular flexibility index (Phi) is 8.04. The molecule has 1 N–H and O–H groups in total. The number of ether oxygens (including phenoxy) is 3. The molecule has 0 unspecified atom stereocenters. The predicted octanol–water partition coefficient (Wildman–Crippen LogP) is 3.69. The highest BCUT2D eigenvalue weighted by atomic mass is 19.3. The summed E-state index contributed by atoms with van der Waals surface area (Å²) >= 11 is 0. The first-order valence-electron chi connectivity index (χ1n) is 8.67. The van der Waals surface area contributed by atoms with Gasteiger partial charge >= 0.3 is 12.6 Å². The van der Waals surface area contributed by atoms with E-state index < -0.39 is 25.1 Å². The summed E-state index contributed by atoms with van der Waals surface area (Å²) in [6.45, 7) is -2.18. The number of methoxy groups -OCH3 is 1. The predicted molar refractivity (Wildman–Crippen MR) is 105 cm³/mol. The van der Waals surface area contributed by atoms with Gasteiger partial charge < -0.3 is 19.5 Å². The summed E-state index contributed by atoms with van der Waals surface area (Å²) in [5.41, 5.74) is 1.12. The zero-order valence-corrected chi connectivity index (χ0v) is 16.2. The van der Waals surface area contributed by atoms with Gasteiger partial charge in [-0.25, -0.2) is 4.79 Å². The summed E-state index contributed by atoms with van der Waals surface area (Å²) in [6, 6.07) is 10.6. The molecule has 2 rings (SSSR count). The lowest BCUT2D eigenvalue weighted by atomic mass is 10.1. The second-order valence-corrected chi connectivity index (χ2v) is 5.88. The molecule has 0 atom stereocenters. The minimum Gasteiger partial charge on any atom is -0.493 e. The van der Waals surface area contributed by atoms with Crippen LogP contribution in [0.2, 0.25) is 0 Å². The molecule has 158 valence electrons. The molecule has 1 amide bonds. The zero-order chi connectivity index (χ0) is 22.1. The quantitative estimate of drug-likeness (QED) is 0.379. The summed E-state index contributed by atoms with van der Waals surface area (Å²) in [4.78, 5) is 35.3. The van der Waals surface area contributed by atoms with Crippen LogP contribution in [0.15, 0.2) is 48.5 Å². The number of halogens is 2. The first kappa shape index (κ1) is 22.5. The first-order chi connectivity index (χ1) is 14.3. The Morgan fingerprint density at radius 1 is 1.10 bits per heavy atom. The van der Waals surface area contributed by atoms with E-state index in [-0.39, 0.29) is 17.3 Å². The summed E-state index contributed by atoms with van der Waals surface area (Å²) in [5, 5.41) is 2.51. The number of carbonyl (C=O) groups excluding carboxylic acids is 3. The van der Waals surface area contributed by atoms with Gasteiger partial charge in [0.15, 0.2) is 23.9 Å². The Morgan fingerprint density at radius 2 is 1.83 bits per heavy atom. The number of benzene rings is 2. The molecule has 0 fully saturated rings. The number of esters is 1. The largest absolute Gasteiger partial charge is 0.493 e. The molecular weight excluding hydrogens is 400 g/mol. The lowest BCUT2D eigenvalue weighted by Crippen LogP contribution is -2.21. The van der Waals surface area contributed by atoms with Crippen LogP contribution in [0.5, 0.6) is 11.5 Å². The molecule has 0 heterocycles. The molecule has 0 aliphatic heterocycles. The van der Waals surface area contributed by atoms with E-state index in [1.54, 1.807) is 24.3 Å². The topological polar surface area (TPSA) is 90.9 Å². The maximum atomic E-state index is 12.3. The van der Waals surface area contributed by atoms with Crippen molar-refractivity contribution in [1.82, 2.24) is 0 Å². The fraction of sp³-hybridized carbons (Fsp3) is 0.190. The van der Waals surface area contributed by atoms with E-state index in [1.807, 2.05) is 0 Å². The second-order valence-electron chi connectivity index (χ2n) is 5.88. The number of rotatable bonds is 9. The van der Waals surface area contributed by atoms with Crippen LogP contribution < -0.4 is 14.8 Å². The molecule has 0 saturated heterocycles. The van der Waals surface area contributed by atoms with Gasteiger partial charge in [-0.15, -0.1) is 0 Å².